The molecule has 0 fully saturated rings. The van der Waals surface area contributed by atoms with Crippen molar-refractivity contribution in [3.05, 3.63) is 84.5 Å². The molecule has 0 aliphatic carbocycles. The van der Waals surface area contributed by atoms with E-state index in [0.717, 1.165) is 11.1 Å². The number of aromatic nitrogens is 3. The summed E-state index contributed by atoms with van der Waals surface area (Å²) in [5.74, 6) is 1.82. The van der Waals surface area contributed by atoms with Crippen LogP contribution in [-0.4, -0.2) is 33.2 Å². The van der Waals surface area contributed by atoms with Gasteiger partial charge in [0.25, 0.3) is 5.91 Å². The van der Waals surface area contributed by atoms with Crippen LogP contribution in [0.5, 0.6) is 11.5 Å². The summed E-state index contributed by atoms with van der Waals surface area (Å²) in [7, 11) is 0. The highest BCUT2D eigenvalue weighted by Crippen LogP contribution is 2.34. The smallest absolute Gasteiger partial charge is 0.269 e. The van der Waals surface area contributed by atoms with Gasteiger partial charge in [0.1, 0.15) is 6.10 Å². The molecule has 1 N–H and O–H groups in total. The van der Waals surface area contributed by atoms with Crippen molar-refractivity contribution in [2.75, 3.05) is 5.32 Å². The molecule has 2 aromatic heterocycles. The Morgan fingerprint density at radius 2 is 1.69 bits per heavy atom. The lowest BCUT2D eigenvalue weighted by Gasteiger charge is -2.31. The molecule has 5 rings (SSSR count). The molecule has 32 heavy (non-hydrogen) atoms. The maximum atomic E-state index is 13.0. The van der Waals surface area contributed by atoms with Crippen LogP contribution in [0.15, 0.2) is 77.6 Å². The third kappa shape index (κ3) is 4.02. The van der Waals surface area contributed by atoms with Gasteiger partial charge in [0.15, 0.2) is 11.5 Å². The third-order valence-electron chi connectivity index (χ3n) is 5.12. The fraction of sp³-hybridized carbons (Fsp3) is 0.167. The first-order valence-corrected chi connectivity index (χ1v) is 10.2. The average Bonchev–Trinajstić information content (AvgIpc) is 3.29. The van der Waals surface area contributed by atoms with Gasteiger partial charge in [-0.15, -0.1) is 0 Å². The van der Waals surface area contributed by atoms with Gasteiger partial charge in [-0.05, 0) is 42.8 Å². The van der Waals surface area contributed by atoms with E-state index in [1.54, 1.807) is 18.5 Å². The highest BCUT2D eigenvalue weighted by atomic mass is 16.6. The number of amides is 1. The Hall–Kier alpha value is -4.20. The number of hydrogen-bond acceptors (Lipinski definition) is 7. The normalized spacial score (nSPS) is 17.0. The summed E-state index contributed by atoms with van der Waals surface area (Å²) in [6.45, 7) is 1.81. The molecule has 1 aliphatic heterocycles. The van der Waals surface area contributed by atoms with Crippen molar-refractivity contribution in [3.8, 4) is 22.9 Å². The molecular formula is C24H20N4O4. The van der Waals surface area contributed by atoms with Crippen LogP contribution >= 0.6 is 0 Å². The van der Waals surface area contributed by atoms with Crippen molar-refractivity contribution in [1.29, 1.82) is 0 Å². The van der Waals surface area contributed by atoms with E-state index in [2.05, 4.69) is 20.4 Å². The summed E-state index contributed by atoms with van der Waals surface area (Å²) >= 11 is 0. The van der Waals surface area contributed by atoms with Crippen LogP contribution in [0, 0.1) is 0 Å². The number of pyridine rings is 1. The second-order valence-corrected chi connectivity index (χ2v) is 7.38. The Balaban J connectivity index is 1.32. The molecule has 0 saturated heterocycles. The van der Waals surface area contributed by atoms with Gasteiger partial charge in [-0.25, -0.2) is 0 Å². The van der Waals surface area contributed by atoms with E-state index in [1.165, 1.54) is 0 Å². The number of benzene rings is 2. The molecule has 0 radical (unpaired) electrons. The molecule has 3 heterocycles. The number of rotatable bonds is 5. The van der Waals surface area contributed by atoms with Gasteiger partial charge in [-0.1, -0.05) is 35.5 Å². The van der Waals surface area contributed by atoms with Crippen molar-refractivity contribution < 1.29 is 18.8 Å². The van der Waals surface area contributed by atoms with Crippen LogP contribution in [0.3, 0.4) is 0 Å². The molecule has 4 aromatic rings. The Morgan fingerprint density at radius 3 is 2.50 bits per heavy atom. The summed E-state index contributed by atoms with van der Waals surface area (Å²) in [6.07, 6.45) is 2.50. The number of fused-ring (bicyclic) bond motifs is 1. The predicted octanol–water partition coefficient (Wildman–Crippen LogP) is 3.89. The van der Waals surface area contributed by atoms with E-state index < -0.39 is 12.2 Å². The topological polar surface area (TPSA) is 99.4 Å². The van der Waals surface area contributed by atoms with E-state index in [4.69, 9.17) is 14.0 Å². The van der Waals surface area contributed by atoms with Crippen molar-refractivity contribution in [1.82, 2.24) is 15.1 Å². The summed E-state index contributed by atoms with van der Waals surface area (Å²) in [6, 6.07) is 18.4. The van der Waals surface area contributed by atoms with E-state index >= 15 is 0 Å². The van der Waals surface area contributed by atoms with Gasteiger partial charge < -0.3 is 19.3 Å². The first-order chi connectivity index (χ1) is 15.7. The van der Waals surface area contributed by atoms with Gasteiger partial charge in [0.2, 0.25) is 17.8 Å². The number of carbonyl (C=O) groups is 1. The van der Waals surface area contributed by atoms with Crippen molar-refractivity contribution in [3.63, 3.8) is 0 Å². The number of para-hydroxylation sites is 3. The molecule has 1 aliphatic rings. The van der Waals surface area contributed by atoms with E-state index in [0.29, 0.717) is 35.3 Å². The minimum Gasteiger partial charge on any atom is -0.482 e. The molecule has 0 saturated carbocycles. The first-order valence-electron chi connectivity index (χ1n) is 10.2. The lowest BCUT2D eigenvalue weighted by molar-refractivity contribution is -0.128. The second kappa shape index (κ2) is 8.50. The first kappa shape index (κ1) is 19.7. The third-order valence-corrected chi connectivity index (χ3v) is 5.12. The van der Waals surface area contributed by atoms with Crippen LogP contribution in [0.4, 0.5) is 5.69 Å². The Kier molecular flexibility index (Phi) is 5.25. The zero-order valence-electron chi connectivity index (χ0n) is 17.3. The summed E-state index contributed by atoms with van der Waals surface area (Å²) in [5, 5.41) is 7.00. The van der Waals surface area contributed by atoms with Crippen LogP contribution in [-0.2, 0) is 11.2 Å². The van der Waals surface area contributed by atoms with Crippen LogP contribution in [0.2, 0.25) is 0 Å². The minimum atomic E-state index is -0.778. The van der Waals surface area contributed by atoms with Gasteiger partial charge in [0.05, 0.1) is 6.42 Å². The zero-order chi connectivity index (χ0) is 21.9. The zero-order valence-corrected chi connectivity index (χ0v) is 17.3. The number of carbonyl (C=O) groups excluding carboxylic acids is 1. The van der Waals surface area contributed by atoms with Gasteiger partial charge in [-0.2, -0.15) is 4.98 Å². The van der Waals surface area contributed by atoms with E-state index in [1.807, 2.05) is 61.5 Å². The number of anilines is 1. The second-order valence-electron chi connectivity index (χ2n) is 7.38. The van der Waals surface area contributed by atoms with Crippen molar-refractivity contribution in [2.24, 2.45) is 0 Å². The van der Waals surface area contributed by atoms with Crippen molar-refractivity contribution >= 4 is 11.6 Å². The SMILES string of the molecule is CC1Oc2ccccc2OC1C(=O)Nc1ccccc1Cc1nc(-c2ccncc2)no1. The fourth-order valence-electron chi connectivity index (χ4n) is 3.51. The molecule has 8 heteroatoms. The van der Waals surface area contributed by atoms with Gasteiger partial charge >= 0.3 is 0 Å². The highest BCUT2D eigenvalue weighted by molar-refractivity contribution is 5.95. The van der Waals surface area contributed by atoms with Gasteiger partial charge in [-0.3, -0.25) is 9.78 Å². The standard InChI is InChI=1S/C24H20N4O4/c1-15-22(31-20-9-5-4-8-19(20)30-15)24(29)26-18-7-3-2-6-17(18)14-21-27-23(28-32-21)16-10-12-25-13-11-16/h2-13,15,22H,14H2,1H3,(H,26,29). The molecule has 2 aromatic carbocycles. The largest absolute Gasteiger partial charge is 0.482 e. The minimum absolute atomic E-state index is 0.289. The summed E-state index contributed by atoms with van der Waals surface area (Å²) < 4.78 is 17.2. The predicted molar refractivity (Wildman–Crippen MR) is 116 cm³/mol. The van der Waals surface area contributed by atoms with Crippen LogP contribution in [0.25, 0.3) is 11.4 Å². The summed E-state index contributed by atoms with van der Waals surface area (Å²) in [5.41, 5.74) is 2.31. The fourth-order valence-corrected chi connectivity index (χ4v) is 3.51. The number of nitrogens with one attached hydrogen (secondary N) is 1. The Bertz CT molecular complexity index is 1240. The maximum absolute atomic E-state index is 13.0. The van der Waals surface area contributed by atoms with Gasteiger partial charge in [0, 0.05) is 23.6 Å². The molecule has 0 bridgehead atoms. The monoisotopic (exact) mass is 428 g/mol. The number of ether oxygens (including phenoxy) is 2. The lowest BCUT2D eigenvalue weighted by atomic mass is 10.1. The Morgan fingerprint density at radius 1 is 0.969 bits per heavy atom. The number of hydrogen-bond donors (Lipinski definition) is 1. The van der Waals surface area contributed by atoms with Crippen LogP contribution < -0.4 is 14.8 Å². The van der Waals surface area contributed by atoms with Crippen LogP contribution in [0.1, 0.15) is 18.4 Å². The maximum Gasteiger partial charge on any atom is 0.269 e. The molecule has 1 amide bonds. The molecule has 160 valence electrons. The molecule has 0 spiro atoms. The average molecular weight is 428 g/mol. The highest BCUT2D eigenvalue weighted by Gasteiger charge is 2.34. The van der Waals surface area contributed by atoms with E-state index in [-0.39, 0.29) is 5.91 Å². The molecular weight excluding hydrogens is 408 g/mol. The molecule has 8 nitrogen and oxygen atoms in total. The Labute approximate surface area is 184 Å². The number of nitrogens with zero attached hydrogens (tertiary/aromatic N) is 3. The van der Waals surface area contributed by atoms with Crippen molar-refractivity contribution in [2.45, 2.75) is 25.6 Å². The summed E-state index contributed by atoms with van der Waals surface area (Å²) in [4.78, 5) is 21.5. The van der Waals surface area contributed by atoms with E-state index in [9.17, 15) is 4.79 Å². The lowest BCUT2D eigenvalue weighted by Crippen LogP contribution is -2.46. The molecule has 2 unspecified atom stereocenters. The quantitative estimate of drug-likeness (QED) is 0.515. The molecule has 2 atom stereocenters.